The third kappa shape index (κ3) is 4.10. The second kappa shape index (κ2) is 6.41. The van der Waals surface area contributed by atoms with E-state index < -0.39 is 24.1 Å². The molecule has 9 heteroatoms. The Morgan fingerprint density at radius 3 is 2.65 bits per heavy atom. The number of aromatic nitrogens is 2. The Bertz CT molecular complexity index is 737. The van der Waals surface area contributed by atoms with Crippen molar-refractivity contribution in [3.05, 3.63) is 41.3 Å². The fraction of sp³-hybridized carbons (Fsp3) is 0.214. The molecule has 1 unspecified atom stereocenters. The lowest BCUT2D eigenvalue weighted by molar-refractivity contribution is -0.189. The molecule has 0 radical (unpaired) electrons. The van der Waals surface area contributed by atoms with Crippen molar-refractivity contribution in [1.82, 2.24) is 9.97 Å². The Hall–Kier alpha value is -2.35. The minimum absolute atomic E-state index is 0.110. The molecule has 5 nitrogen and oxygen atoms in total. The average Bonchev–Trinajstić information content (AvgIpc) is 2.46. The number of rotatable bonds is 4. The first-order chi connectivity index (χ1) is 10.7. The molecule has 1 aromatic heterocycles. The van der Waals surface area contributed by atoms with E-state index >= 15 is 0 Å². The highest BCUT2D eigenvalue weighted by Crippen LogP contribution is 2.34. The lowest BCUT2D eigenvalue weighted by Crippen LogP contribution is -2.31. The highest BCUT2D eigenvalue weighted by molar-refractivity contribution is 6.30. The van der Waals surface area contributed by atoms with E-state index in [1.807, 2.05) is 0 Å². The van der Waals surface area contributed by atoms with E-state index in [4.69, 9.17) is 21.4 Å². The Morgan fingerprint density at radius 2 is 2.04 bits per heavy atom. The molecule has 1 aromatic carbocycles. The van der Waals surface area contributed by atoms with Gasteiger partial charge in [0.1, 0.15) is 5.75 Å². The summed E-state index contributed by atoms with van der Waals surface area (Å²) in [5, 5.41) is 9.07. The van der Waals surface area contributed by atoms with Crippen molar-refractivity contribution in [3.63, 3.8) is 0 Å². The summed E-state index contributed by atoms with van der Waals surface area (Å²) < 4.78 is 43.0. The monoisotopic (exact) mass is 346 g/mol. The van der Waals surface area contributed by atoms with Crippen LogP contribution in [0.5, 0.6) is 5.75 Å². The summed E-state index contributed by atoms with van der Waals surface area (Å²) in [4.78, 5) is 18.2. The fourth-order valence-corrected chi connectivity index (χ4v) is 1.84. The molecular weight excluding hydrogens is 337 g/mol. The maximum absolute atomic E-state index is 12.7. The molecule has 1 N–H and O–H groups in total. The number of ether oxygens (including phenoxy) is 1. The number of halogens is 4. The number of carboxylic acids is 1. The Kier molecular flexibility index (Phi) is 4.74. The highest BCUT2D eigenvalue weighted by atomic mass is 35.5. The minimum atomic E-state index is -4.56. The predicted molar refractivity (Wildman–Crippen MR) is 75.6 cm³/mol. The van der Waals surface area contributed by atoms with Gasteiger partial charge in [-0.1, -0.05) is 11.6 Å². The van der Waals surface area contributed by atoms with E-state index in [1.165, 1.54) is 30.5 Å². The van der Waals surface area contributed by atoms with Gasteiger partial charge < -0.3 is 9.84 Å². The lowest BCUT2D eigenvalue weighted by Gasteiger charge is -2.19. The van der Waals surface area contributed by atoms with Crippen molar-refractivity contribution < 1.29 is 27.8 Å². The van der Waals surface area contributed by atoms with Crippen LogP contribution in [0.25, 0.3) is 11.3 Å². The molecule has 1 atom stereocenters. The van der Waals surface area contributed by atoms with Gasteiger partial charge in [0.25, 0.3) is 0 Å². The lowest BCUT2D eigenvalue weighted by atomic mass is 10.1. The molecule has 0 spiro atoms. The zero-order chi connectivity index (χ0) is 17.2. The first kappa shape index (κ1) is 17.0. The Balaban J connectivity index is 2.47. The van der Waals surface area contributed by atoms with E-state index in [2.05, 4.69) is 9.97 Å². The summed E-state index contributed by atoms with van der Waals surface area (Å²) in [6, 6.07) is 5.40. The van der Waals surface area contributed by atoms with Crippen LogP contribution in [0.2, 0.25) is 5.02 Å². The zero-order valence-corrected chi connectivity index (χ0v) is 12.4. The van der Waals surface area contributed by atoms with Gasteiger partial charge in [-0.25, -0.2) is 14.8 Å². The maximum Gasteiger partial charge on any atom is 0.425 e. The van der Waals surface area contributed by atoms with Crippen LogP contribution in [0.4, 0.5) is 13.2 Å². The normalized spacial score (nSPS) is 12.7. The molecule has 1 heterocycles. The van der Waals surface area contributed by atoms with Crippen LogP contribution in [0.3, 0.4) is 0 Å². The first-order valence-electron chi connectivity index (χ1n) is 6.28. The van der Waals surface area contributed by atoms with Crippen LogP contribution in [0.1, 0.15) is 17.5 Å². The number of hydrogen-bond acceptors (Lipinski definition) is 4. The molecule has 122 valence electrons. The zero-order valence-electron chi connectivity index (χ0n) is 11.6. The molecule has 0 amide bonds. The van der Waals surface area contributed by atoms with E-state index in [0.29, 0.717) is 0 Å². The van der Waals surface area contributed by atoms with Crippen molar-refractivity contribution in [2.75, 3.05) is 0 Å². The number of benzene rings is 1. The van der Waals surface area contributed by atoms with Gasteiger partial charge in [-0.15, -0.1) is 0 Å². The van der Waals surface area contributed by atoms with Gasteiger partial charge in [-0.2, -0.15) is 13.2 Å². The molecule has 0 saturated heterocycles. The van der Waals surface area contributed by atoms with Gasteiger partial charge in [0.05, 0.1) is 5.69 Å². The molecule has 2 rings (SSSR count). The van der Waals surface area contributed by atoms with Gasteiger partial charge >= 0.3 is 12.1 Å². The smallest absolute Gasteiger partial charge is 0.425 e. The van der Waals surface area contributed by atoms with Crippen LogP contribution in [0, 0.1) is 0 Å². The molecule has 0 aliphatic rings. The van der Waals surface area contributed by atoms with E-state index in [1.54, 1.807) is 0 Å². The third-order valence-corrected chi connectivity index (χ3v) is 3.07. The van der Waals surface area contributed by atoms with Gasteiger partial charge in [-0.05, 0) is 31.2 Å². The first-order valence-corrected chi connectivity index (χ1v) is 6.66. The molecular formula is C14H10ClF3N2O3. The largest absolute Gasteiger partial charge is 0.480 e. The maximum atomic E-state index is 12.7. The van der Waals surface area contributed by atoms with E-state index in [9.17, 15) is 18.0 Å². The quantitative estimate of drug-likeness (QED) is 0.911. The minimum Gasteiger partial charge on any atom is -0.480 e. The van der Waals surface area contributed by atoms with Gasteiger partial charge in [0.2, 0.25) is 5.82 Å². The van der Waals surface area contributed by atoms with E-state index in [-0.39, 0.29) is 22.0 Å². The van der Waals surface area contributed by atoms with E-state index in [0.717, 1.165) is 6.92 Å². The summed E-state index contributed by atoms with van der Waals surface area (Å²) >= 11 is 5.80. The SMILES string of the molecule is CC(Oc1cc(Cl)ccc1-c1ccnc(C(=O)O)n1)C(F)(F)F. The fourth-order valence-electron chi connectivity index (χ4n) is 1.67. The summed E-state index contributed by atoms with van der Waals surface area (Å²) in [5.74, 6) is -1.99. The van der Waals surface area contributed by atoms with Crippen molar-refractivity contribution in [2.45, 2.75) is 19.2 Å². The van der Waals surface area contributed by atoms with Crippen LogP contribution >= 0.6 is 11.6 Å². The summed E-state index contributed by atoms with van der Waals surface area (Å²) in [6.45, 7) is 0.855. The van der Waals surface area contributed by atoms with Gasteiger partial charge in [-0.3, -0.25) is 0 Å². The standard InChI is InChI=1S/C14H10ClF3N2O3/c1-7(14(16,17)18)23-11-6-8(15)2-3-9(11)10-4-5-19-12(20-10)13(21)22/h2-7H,1H3,(H,21,22). The molecule has 0 aliphatic carbocycles. The average molecular weight is 347 g/mol. The molecule has 23 heavy (non-hydrogen) atoms. The van der Waals surface area contributed by atoms with Gasteiger partial charge in [0.15, 0.2) is 6.10 Å². The van der Waals surface area contributed by atoms with Crippen molar-refractivity contribution in [1.29, 1.82) is 0 Å². The summed E-state index contributed by atoms with van der Waals surface area (Å²) in [5.41, 5.74) is 0.286. The molecule has 2 aromatic rings. The topological polar surface area (TPSA) is 72.3 Å². The number of aromatic carboxylic acids is 1. The number of nitrogens with zero attached hydrogens (tertiary/aromatic N) is 2. The van der Waals surface area contributed by atoms with Crippen LogP contribution in [-0.2, 0) is 0 Å². The number of hydrogen-bond donors (Lipinski definition) is 1. The second-order valence-corrected chi connectivity index (χ2v) is 4.95. The van der Waals surface area contributed by atoms with Crippen molar-refractivity contribution in [2.24, 2.45) is 0 Å². The van der Waals surface area contributed by atoms with Crippen molar-refractivity contribution in [3.8, 4) is 17.0 Å². The summed E-state index contributed by atoms with van der Waals surface area (Å²) in [7, 11) is 0. The summed E-state index contributed by atoms with van der Waals surface area (Å²) in [6.07, 6.45) is -5.44. The molecule has 0 saturated carbocycles. The second-order valence-electron chi connectivity index (χ2n) is 4.51. The van der Waals surface area contributed by atoms with Crippen LogP contribution in [-0.4, -0.2) is 33.3 Å². The predicted octanol–water partition coefficient (Wildman–Crippen LogP) is 3.82. The van der Waals surface area contributed by atoms with Crippen molar-refractivity contribution >= 4 is 17.6 Å². The molecule has 0 fully saturated rings. The molecule has 0 bridgehead atoms. The number of carbonyl (C=O) groups is 1. The number of alkyl halides is 3. The third-order valence-electron chi connectivity index (χ3n) is 2.83. The number of carboxylic acid groups (broad SMARTS) is 1. The van der Waals surface area contributed by atoms with Crippen LogP contribution < -0.4 is 4.74 Å². The Morgan fingerprint density at radius 1 is 1.35 bits per heavy atom. The molecule has 0 aliphatic heterocycles. The van der Waals surface area contributed by atoms with Gasteiger partial charge in [0, 0.05) is 16.8 Å². The highest BCUT2D eigenvalue weighted by Gasteiger charge is 2.38. The van der Waals surface area contributed by atoms with Crippen LogP contribution in [0.15, 0.2) is 30.5 Å². The Labute approximate surface area is 133 Å².